The predicted octanol–water partition coefficient (Wildman–Crippen LogP) is 9.14. The second kappa shape index (κ2) is 18.1. The van der Waals surface area contributed by atoms with Crippen molar-refractivity contribution in [3.8, 4) is 0 Å². The van der Waals surface area contributed by atoms with Gasteiger partial charge < -0.3 is 5.32 Å². The van der Waals surface area contributed by atoms with Gasteiger partial charge >= 0.3 is 0 Å². The smallest absolute Gasteiger partial charge is 0.251 e. The monoisotopic (exact) mass is 525 g/mol. The summed E-state index contributed by atoms with van der Waals surface area (Å²) in [6.07, 6.45) is 17.8. The van der Waals surface area contributed by atoms with Gasteiger partial charge in [-0.2, -0.15) is 4.80 Å². The summed E-state index contributed by atoms with van der Waals surface area (Å²) in [5.74, 6) is 1.35. The molecule has 6 nitrogen and oxygen atoms in total. The number of nitrogens with zero attached hydrogens (tertiary/aromatic N) is 4. The standard InChI is InChI=1S/C32H55N5O/c1-7-9-11-12-13-14-15-16-17-19-24-30-34-36-37(35-30)29(23-18-10-8-2)32(38)33-31-27(25(3)4)21-20-22-28(31)26(5)6/h20-22,25-26,29H,7-19,23-24H2,1-6H3,(H,33,38). The lowest BCUT2D eigenvalue weighted by Crippen LogP contribution is -2.29. The largest absolute Gasteiger partial charge is 0.324 e. The van der Waals surface area contributed by atoms with E-state index < -0.39 is 6.04 Å². The van der Waals surface area contributed by atoms with E-state index in [0.29, 0.717) is 18.3 Å². The van der Waals surface area contributed by atoms with Crippen LogP contribution in [0.3, 0.4) is 0 Å². The Hall–Kier alpha value is -2.24. The average Bonchev–Trinajstić information content (AvgIpc) is 3.36. The summed E-state index contributed by atoms with van der Waals surface area (Å²) in [6.45, 7) is 13.1. The summed E-state index contributed by atoms with van der Waals surface area (Å²) in [5, 5.41) is 16.6. The molecule has 0 saturated heterocycles. The highest BCUT2D eigenvalue weighted by molar-refractivity contribution is 5.95. The first-order valence-corrected chi connectivity index (χ1v) is 15.6. The minimum absolute atomic E-state index is 0.0426. The van der Waals surface area contributed by atoms with Gasteiger partial charge in [0.05, 0.1) is 0 Å². The molecule has 0 bridgehead atoms. The van der Waals surface area contributed by atoms with Crippen LogP contribution in [0, 0.1) is 0 Å². The van der Waals surface area contributed by atoms with E-state index in [0.717, 1.165) is 43.6 Å². The molecule has 0 spiro atoms. The van der Waals surface area contributed by atoms with Gasteiger partial charge in [0, 0.05) is 12.1 Å². The van der Waals surface area contributed by atoms with Crippen LogP contribution in [-0.2, 0) is 11.2 Å². The van der Waals surface area contributed by atoms with Gasteiger partial charge in [0.2, 0.25) is 0 Å². The third-order valence-electron chi connectivity index (χ3n) is 7.51. The first-order valence-electron chi connectivity index (χ1n) is 15.6. The molecule has 2 aromatic rings. The molecule has 38 heavy (non-hydrogen) atoms. The first kappa shape index (κ1) is 32.0. The number of carbonyl (C=O) groups is 1. The number of aromatic nitrogens is 4. The van der Waals surface area contributed by atoms with Crippen molar-refractivity contribution in [3.05, 3.63) is 35.2 Å². The quantitative estimate of drug-likeness (QED) is 0.175. The molecule has 0 radical (unpaired) electrons. The second-order valence-corrected chi connectivity index (χ2v) is 11.6. The predicted molar refractivity (Wildman–Crippen MR) is 160 cm³/mol. The lowest BCUT2D eigenvalue weighted by molar-refractivity contribution is -0.120. The third-order valence-corrected chi connectivity index (χ3v) is 7.51. The number of anilines is 1. The fourth-order valence-corrected chi connectivity index (χ4v) is 5.10. The van der Waals surface area contributed by atoms with Crippen LogP contribution in [0.1, 0.15) is 166 Å². The number of unbranched alkanes of at least 4 members (excludes halogenated alkanes) is 11. The molecule has 0 aliphatic rings. The lowest BCUT2D eigenvalue weighted by Gasteiger charge is -2.22. The maximum atomic E-state index is 13.7. The molecular formula is C32H55N5O. The molecule has 1 heterocycles. The van der Waals surface area contributed by atoms with Gasteiger partial charge in [-0.05, 0) is 41.0 Å². The van der Waals surface area contributed by atoms with E-state index in [-0.39, 0.29) is 5.91 Å². The number of hydrogen-bond acceptors (Lipinski definition) is 4. The lowest BCUT2D eigenvalue weighted by atomic mass is 9.92. The summed E-state index contributed by atoms with van der Waals surface area (Å²) >= 11 is 0. The SMILES string of the molecule is CCCCCCCCCCCCc1nnn(C(CCCCC)C(=O)Nc2c(C(C)C)cccc2C(C)C)n1. The minimum Gasteiger partial charge on any atom is -0.324 e. The number of amides is 1. The van der Waals surface area contributed by atoms with Crippen molar-refractivity contribution in [1.82, 2.24) is 20.2 Å². The second-order valence-electron chi connectivity index (χ2n) is 11.6. The first-order chi connectivity index (χ1) is 18.4. The Morgan fingerprint density at radius 1 is 0.789 bits per heavy atom. The molecule has 1 aromatic heterocycles. The Balaban J connectivity index is 1.98. The molecule has 1 N–H and O–H groups in total. The fourth-order valence-electron chi connectivity index (χ4n) is 5.10. The van der Waals surface area contributed by atoms with Crippen molar-refractivity contribution in [2.45, 2.75) is 156 Å². The van der Waals surface area contributed by atoms with E-state index in [1.807, 2.05) is 0 Å². The van der Waals surface area contributed by atoms with Gasteiger partial charge in [-0.1, -0.05) is 137 Å². The Morgan fingerprint density at radius 3 is 1.87 bits per heavy atom. The zero-order valence-electron chi connectivity index (χ0n) is 25.3. The number of nitrogens with one attached hydrogen (secondary N) is 1. The normalized spacial score (nSPS) is 12.4. The van der Waals surface area contributed by atoms with E-state index in [2.05, 4.69) is 80.5 Å². The zero-order chi connectivity index (χ0) is 27.8. The highest BCUT2D eigenvalue weighted by Crippen LogP contribution is 2.33. The van der Waals surface area contributed by atoms with Gasteiger partial charge in [-0.15, -0.1) is 10.2 Å². The number of aryl methyl sites for hydroxylation is 1. The van der Waals surface area contributed by atoms with E-state index in [9.17, 15) is 4.79 Å². The van der Waals surface area contributed by atoms with E-state index in [1.54, 1.807) is 4.80 Å². The summed E-state index contributed by atoms with van der Waals surface area (Å²) in [7, 11) is 0. The van der Waals surface area contributed by atoms with Crippen LogP contribution in [-0.4, -0.2) is 26.1 Å². The Kier molecular flexibility index (Phi) is 15.2. The number of tetrazole rings is 1. The number of para-hydroxylation sites is 1. The van der Waals surface area contributed by atoms with Gasteiger partial charge in [0.15, 0.2) is 11.9 Å². The highest BCUT2D eigenvalue weighted by Gasteiger charge is 2.25. The minimum atomic E-state index is -0.448. The Labute approximate surface area is 232 Å². The third kappa shape index (κ3) is 10.9. The van der Waals surface area contributed by atoms with E-state index >= 15 is 0 Å². The van der Waals surface area contributed by atoms with Gasteiger partial charge in [0.25, 0.3) is 5.91 Å². The van der Waals surface area contributed by atoms with Crippen LogP contribution in [0.2, 0.25) is 0 Å². The average molecular weight is 526 g/mol. The molecule has 2 rings (SSSR count). The van der Waals surface area contributed by atoms with Crippen LogP contribution in [0.15, 0.2) is 18.2 Å². The van der Waals surface area contributed by atoms with Crippen molar-refractivity contribution in [2.75, 3.05) is 5.32 Å². The molecule has 0 aliphatic heterocycles. The molecule has 1 unspecified atom stereocenters. The van der Waals surface area contributed by atoms with Crippen molar-refractivity contribution in [3.63, 3.8) is 0 Å². The maximum Gasteiger partial charge on any atom is 0.251 e. The van der Waals surface area contributed by atoms with Crippen molar-refractivity contribution < 1.29 is 4.79 Å². The molecule has 214 valence electrons. The van der Waals surface area contributed by atoms with Crippen molar-refractivity contribution in [1.29, 1.82) is 0 Å². The zero-order valence-corrected chi connectivity index (χ0v) is 25.3. The van der Waals surface area contributed by atoms with Gasteiger partial charge in [0.1, 0.15) is 0 Å². The summed E-state index contributed by atoms with van der Waals surface area (Å²) < 4.78 is 0. The van der Waals surface area contributed by atoms with E-state index in [4.69, 9.17) is 0 Å². The molecule has 1 amide bonds. The van der Waals surface area contributed by atoms with Crippen LogP contribution in [0.25, 0.3) is 0 Å². The molecule has 6 heteroatoms. The molecule has 0 aliphatic carbocycles. The Morgan fingerprint density at radius 2 is 1.32 bits per heavy atom. The topological polar surface area (TPSA) is 72.7 Å². The number of hydrogen-bond donors (Lipinski definition) is 1. The maximum absolute atomic E-state index is 13.7. The van der Waals surface area contributed by atoms with Gasteiger partial charge in [-0.25, -0.2) is 0 Å². The Bertz CT molecular complexity index is 894. The summed E-state index contributed by atoms with van der Waals surface area (Å²) in [5.41, 5.74) is 3.30. The van der Waals surface area contributed by atoms with E-state index in [1.165, 1.54) is 68.9 Å². The van der Waals surface area contributed by atoms with Crippen LogP contribution < -0.4 is 5.32 Å². The summed E-state index contributed by atoms with van der Waals surface area (Å²) in [4.78, 5) is 15.2. The van der Waals surface area contributed by atoms with Crippen LogP contribution in [0.4, 0.5) is 5.69 Å². The summed E-state index contributed by atoms with van der Waals surface area (Å²) in [6, 6.07) is 5.89. The molecule has 0 fully saturated rings. The number of benzene rings is 1. The van der Waals surface area contributed by atoms with Gasteiger partial charge in [-0.3, -0.25) is 4.79 Å². The fraction of sp³-hybridized carbons (Fsp3) is 0.750. The van der Waals surface area contributed by atoms with Crippen LogP contribution >= 0.6 is 0 Å². The van der Waals surface area contributed by atoms with Crippen molar-refractivity contribution in [2.24, 2.45) is 0 Å². The highest BCUT2D eigenvalue weighted by atomic mass is 16.2. The van der Waals surface area contributed by atoms with Crippen LogP contribution in [0.5, 0.6) is 0 Å². The molecule has 1 aromatic carbocycles. The molecule has 1 atom stereocenters. The van der Waals surface area contributed by atoms with Crippen molar-refractivity contribution >= 4 is 11.6 Å². The number of rotatable bonds is 20. The molecular weight excluding hydrogens is 470 g/mol. The number of carbonyl (C=O) groups excluding carboxylic acids is 1. The molecule has 0 saturated carbocycles.